The highest BCUT2D eigenvalue weighted by atomic mass is 16.2. The predicted octanol–water partition coefficient (Wildman–Crippen LogP) is 2.60. The molecule has 1 amide bonds. The molecule has 1 aromatic carbocycles. The summed E-state index contributed by atoms with van der Waals surface area (Å²) >= 11 is 0. The van der Waals surface area contributed by atoms with Gasteiger partial charge in [-0.05, 0) is 35.7 Å². The number of rotatable bonds is 3. The number of fused-ring (bicyclic) bond motifs is 1. The molecule has 2 aliphatic heterocycles. The van der Waals surface area contributed by atoms with E-state index in [9.17, 15) is 4.79 Å². The molecule has 1 fully saturated rings. The lowest BCUT2D eigenvalue weighted by atomic mass is 9.91. The second kappa shape index (κ2) is 6.24. The van der Waals surface area contributed by atoms with Crippen LogP contribution >= 0.6 is 0 Å². The lowest BCUT2D eigenvalue weighted by molar-refractivity contribution is -0.117. The fraction of sp³-hybridized carbons (Fsp3) is 0.368. The van der Waals surface area contributed by atoms with Crippen molar-refractivity contribution in [2.45, 2.75) is 19.3 Å². The van der Waals surface area contributed by atoms with Crippen molar-refractivity contribution in [1.29, 1.82) is 0 Å². The van der Waals surface area contributed by atoms with Crippen molar-refractivity contribution < 1.29 is 4.79 Å². The van der Waals surface area contributed by atoms with Crippen LogP contribution in [0.4, 0.5) is 11.5 Å². The van der Waals surface area contributed by atoms with Crippen LogP contribution in [0.3, 0.4) is 0 Å². The van der Waals surface area contributed by atoms with Gasteiger partial charge in [0.2, 0.25) is 5.91 Å². The summed E-state index contributed by atoms with van der Waals surface area (Å²) in [6.07, 6.45) is 2.57. The van der Waals surface area contributed by atoms with Gasteiger partial charge in [-0.25, -0.2) is 4.98 Å². The van der Waals surface area contributed by atoms with E-state index in [4.69, 9.17) is 0 Å². The number of benzene rings is 1. The number of carbonyl (C=O) groups excluding carboxylic acids is 1. The average molecular weight is 322 g/mol. The molecule has 0 saturated carbocycles. The van der Waals surface area contributed by atoms with Crippen molar-refractivity contribution in [2.24, 2.45) is 0 Å². The van der Waals surface area contributed by atoms with Gasteiger partial charge in [-0.15, -0.1) is 0 Å². The Morgan fingerprint density at radius 2 is 2.08 bits per heavy atom. The van der Waals surface area contributed by atoms with Crippen LogP contribution in [-0.2, 0) is 4.79 Å². The number of carbonyl (C=O) groups is 1. The van der Waals surface area contributed by atoms with E-state index in [1.54, 1.807) is 6.20 Å². The minimum Gasteiger partial charge on any atom is -0.369 e. The molecule has 1 saturated heterocycles. The van der Waals surface area contributed by atoms with Gasteiger partial charge in [-0.3, -0.25) is 4.79 Å². The third-order valence-electron chi connectivity index (χ3n) is 4.94. The zero-order chi connectivity index (χ0) is 16.5. The second-order valence-electron chi connectivity index (χ2n) is 6.36. The molecule has 1 atom stereocenters. The first-order valence-corrected chi connectivity index (χ1v) is 8.64. The largest absolute Gasteiger partial charge is 0.369 e. The fourth-order valence-corrected chi connectivity index (χ4v) is 3.69. The molecule has 0 bridgehead atoms. The van der Waals surface area contributed by atoms with E-state index in [2.05, 4.69) is 44.8 Å². The highest BCUT2D eigenvalue weighted by molar-refractivity contribution is 6.04. The van der Waals surface area contributed by atoms with Crippen molar-refractivity contribution in [3.05, 3.63) is 42.1 Å². The van der Waals surface area contributed by atoms with Crippen molar-refractivity contribution in [3.8, 4) is 11.1 Å². The topological polar surface area (TPSA) is 57.3 Å². The van der Waals surface area contributed by atoms with Crippen molar-refractivity contribution in [1.82, 2.24) is 10.3 Å². The summed E-state index contributed by atoms with van der Waals surface area (Å²) in [4.78, 5) is 19.0. The average Bonchev–Trinajstić information content (AvgIpc) is 2.97. The normalized spacial score (nSPS) is 20.0. The molecule has 5 nitrogen and oxygen atoms in total. The summed E-state index contributed by atoms with van der Waals surface area (Å²) in [5.41, 5.74) is 4.55. The van der Waals surface area contributed by atoms with Gasteiger partial charge < -0.3 is 15.5 Å². The molecule has 2 aliphatic rings. The van der Waals surface area contributed by atoms with Crippen molar-refractivity contribution in [3.63, 3.8) is 0 Å². The molecule has 0 aliphatic carbocycles. The van der Waals surface area contributed by atoms with E-state index < -0.39 is 0 Å². The van der Waals surface area contributed by atoms with Gasteiger partial charge in [-0.1, -0.05) is 19.1 Å². The molecule has 1 unspecified atom stereocenters. The highest BCUT2D eigenvalue weighted by Crippen LogP contribution is 2.40. The molecule has 1 aromatic heterocycles. The van der Waals surface area contributed by atoms with Gasteiger partial charge in [0.25, 0.3) is 0 Å². The first kappa shape index (κ1) is 15.1. The molecule has 5 heteroatoms. The number of pyridine rings is 1. The Balaban J connectivity index is 1.75. The zero-order valence-electron chi connectivity index (χ0n) is 13.9. The Morgan fingerprint density at radius 3 is 2.88 bits per heavy atom. The SMILES string of the molecule is CCC1C(=O)Nc2nccc(-c3cccc(N4CCNCC4)c3)c21. The maximum atomic E-state index is 12.2. The van der Waals surface area contributed by atoms with Crippen LogP contribution < -0.4 is 15.5 Å². The van der Waals surface area contributed by atoms with Crippen molar-refractivity contribution >= 4 is 17.4 Å². The first-order valence-electron chi connectivity index (χ1n) is 8.64. The van der Waals surface area contributed by atoms with Crippen molar-refractivity contribution in [2.75, 3.05) is 36.4 Å². The number of aromatic nitrogens is 1. The summed E-state index contributed by atoms with van der Waals surface area (Å²) in [7, 11) is 0. The lowest BCUT2D eigenvalue weighted by Crippen LogP contribution is -2.43. The monoisotopic (exact) mass is 322 g/mol. The Labute approximate surface area is 142 Å². The molecule has 24 heavy (non-hydrogen) atoms. The van der Waals surface area contributed by atoms with Gasteiger partial charge >= 0.3 is 0 Å². The van der Waals surface area contributed by atoms with Gasteiger partial charge in [-0.2, -0.15) is 0 Å². The summed E-state index contributed by atoms with van der Waals surface area (Å²) in [6.45, 7) is 6.13. The van der Waals surface area contributed by atoms with Crippen LogP contribution in [0.5, 0.6) is 0 Å². The summed E-state index contributed by atoms with van der Waals surface area (Å²) < 4.78 is 0. The third-order valence-corrected chi connectivity index (χ3v) is 4.94. The predicted molar refractivity (Wildman–Crippen MR) is 96.4 cm³/mol. The number of hydrogen-bond donors (Lipinski definition) is 2. The molecule has 4 rings (SSSR count). The van der Waals surface area contributed by atoms with Crippen LogP contribution in [-0.4, -0.2) is 37.1 Å². The molecule has 0 radical (unpaired) electrons. The Kier molecular flexibility index (Phi) is 3.94. The second-order valence-corrected chi connectivity index (χ2v) is 6.36. The highest BCUT2D eigenvalue weighted by Gasteiger charge is 2.32. The van der Waals surface area contributed by atoms with E-state index in [1.165, 1.54) is 5.69 Å². The van der Waals surface area contributed by atoms with Crippen LogP contribution in [0.2, 0.25) is 0 Å². The Hall–Kier alpha value is -2.40. The third kappa shape index (κ3) is 2.55. The maximum Gasteiger partial charge on any atom is 0.233 e. The zero-order valence-corrected chi connectivity index (χ0v) is 13.9. The van der Waals surface area contributed by atoms with Gasteiger partial charge in [0.1, 0.15) is 5.82 Å². The molecule has 2 N–H and O–H groups in total. The standard InChI is InChI=1S/C19H22N4O/c1-2-15-17-16(6-7-21-18(17)22-19(15)24)13-4-3-5-14(12-13)23-10-8-20-9-11-23/h3-7,12,15,20H,2,8-11H2,1H3,(H,21,22,24). The first-order chi connectivity index (χ1) is 11.8. The minimum atomic E-state index is -0.105. The number of anilines is 2. The number of amides is 1. The molecular formula is C19H22N4O. The van der Waals surface area contributed by atoms with Gasteiger partial charge in [0.15, 0.2) is 0 Å². The Bertz CT molecular complexity index is 768. The smallest absolute Gasteiger partial charge is 0.233 e. The fourth-order valence-electron chi connectivity index (χ4n) is 3.69. The van der Waals surface area contributed by atoms with Gasteiger partial charge in [0, 0.05) is 43.6 Å². The Morgan fingerprint density at radius 1 is 1.25 bits per heavy atom. The number of hydrogen-bond acceptors (Lipinski definition) is 4. The maximum absolute atomic E-state index is 12.2. The van der Waals surface area contributed by atoms with Crippen LogP contribution in [0.25, 0.3) is 11.1 Å². The molecule has 3 heterocycles. The van der Waals surface area contributed by atoms with Crippen LogP contribution in [0.15, 0.2) is 36.5 Å². The van der Waals surface area contributed by atoms with E-state index in [0.717, 1.165) is 55.1 Å². The van der Waals surface area contributed by atoms with E-state index in [-0.39, 0.29) is 11.8 Å². The quantitative estimate of drug-likeness (QED) is 0.912. The summed E-state index contributed by atoms with van der Waals surface area (Å²) in [5.74, 6) is 0.675. The summed E-state index contributed by atoms with van der Waals surface area (Å²) in [6, 6.07) is 10.6. The number of nitrogens with zero attached hydrogens (tertiary/aromatic N) is 2. The van der Waals surface area contributed by atoms with Gasteiger partial charge in [0.05, 0.1) is 5.92 Å². The molecule has 124 valence electrons. The lowest BCUT2D eigenvalue weighted by Gasteiger charge is -2.29. The van der Waals surface area contributed by atoms with E-state index >= 15 is 0 Å². The van der Waals surface area contributed by atoms with E-state index in [0.29, 0.717) is 0 Å². The van der Waals surface area contributed by atoms with E-state index in [1.807, 2.05) is 13.0 Å². The molecule has 2 aromatic rings. The van der Waals surface area contributed by atoms with Crippen LogP contribution in [0, 0.1) is 0 Å². The number of piperazine rings is 1. The summed E-state index contributed by atoms with van der Waals surface area (Å²) in [5, 5.41) is 6.31. The number of nitrogens with one attached hydrogen (secondary N) is 2. The molecule has 0 spiro atoms. The molecular weight excluding hydrogens is 300 g/mol. The van der Waals surface area contributed by atoms with Crippen LogP contribution in [0.1, 0.15) is 24.8 Å². The minimum absolute atomic E-state index is 0.0608.